The van der Waals surface area contributed by atoms with Gasteiger partial charge in [-0.05, 0) is 43.7 Å². The molecule has 0 aromatic carbocycles. The van der Waals surface area contributed by atoms with E-state index in [1.54, 1.807) is 19.0 Å². The Labute approximate surface area is 175 Å². The molecule has 1 aliphatic heterocycles. The third-order valence-corrected chi connectivity index (χ3v) is 6.80. The third kappa shape index (κ3) is 3.84. The molecule has 1 aliphatic rings. The summed E-state index contributed by atoms with van der Waals surface area (Å²) in [4.78, 5) is 27.3. The van der Waals surface area contributed by atoms with Gasteiger partial charge in [0.25, 0.3) is 5.91 Å². The molecule has 0 unspecified atom stereocenters. The number of piperidine rings is 1. The normalized spacial score (nSPS) is 20.1. The molecule has 1 saturated heterocycles. The van der Waals surface area contributed by atoms with Crippen molar-refractivity contribution in [3.8, 4) is 0 Å². The molecule has 7 heteroatoms. The fourth-order valence-corrected chi connectivity index (χ4v) is 5.22. The molecule has 6 nitrogen and oxygen atoms in total. The van der Waals surface area contributed by atoms with E-state index in [0.717, 1.165) is 54.1 Å². The van der Waals surface area contributed by atoms with Crippen LogP contribution in [0.25, 0.3) is 10.2 Å². The molecule has 1 fully saturated rings. The van der Waals surface area contributed by atoms with Gasteiger partial charge in [0.2, 0.25) is 0 Å². The minimum atomic E-state index is -0.0718. The Hall–Kier alpha value is -2.51. The van der Waals surface area contributed by atoms with Gasteiger partial charge in [-0.2, -0.15) is 0 Å². The number of hydrogen-bond donors (Lipinski definition) is 1. The Morgan fingerprint density at radius 2 is 2.14 bits per heavy atom. The van der Waals surface area contributed by atoms with E-state index in [0.29, 0.717) is 10.6 Å². The number of thiophene rings is 1. The highest BCUT2D eigenvalue weighted by molar-refractivity contribution is 7.21. The first-order valence-electron chi connectivity index (χ1n) is 9.91. The Morgan fingerprint density at radius 3 is 2.86 bits per heavy atom. The number of rotatable bonds is 4. The first kappa shape index (κ1) is 19.8. The Kier molecular flexibility index (Phi) is 5.27. The highest BCUT2D eigenvalue weighted by atomic mass is 32.1. The number of nitrogens with zero attached hydrogens (tertiary/aromatic N) is 4. The Balaban J connectivity index is 1.61. The number of fused-ring (bicyclic) bond motifs is 1. The highest BCUT2D eigenvalue weighted by Crippen LogP contribution is 2.38. The zero-order chi connectivity index (χ0) is 20.6. The molecule has 0 spiro atoms. The van der Waals surface area contributed by atoms with E-state index < -0.39 is 0 Å². The van der Waals surface area contributed by atoms with Gasteiger partial charge in [0.15, 0.2) is 0 Å². The van der Waals surface area contributed by atoms with Crippen LogP contribution in [0.3, 0.4) is 0 Å². The van der Waals surface area contributed by atoms with Crippen LogP contribution in [0.15, 0.2) is 36.5 Å². The van der Waals surface area contributed by atoms with Crippen molar-refractivity contribution in [1.82, 2.24) is 19.8 Å². The number of pyridine rings is 2. The third-order valence-electron chi connectivity index (χ3n) is 5.70. The first-order valence-corrected chi connectivity index (χ1v) is 10.7. The Bertz CT molecular complexity index is 1030. The van der Waals surface area contributed by atoms with E-state index in [1.165, 1.54) is 11.3 Å². The number of hydrogen-bond acceptors (Lipinski definition) is 6. The maximum Gasteiger partial charge on any atom is 0.265 e. The summed E-state index contributed by atoms with van der Waals surface area (Å²) in [5.41, 5.74) is 8.92. The van der Waals surface area contributed by atoms with Crippen molar-refractivity contribution in [2.24, 2.45) is 0 Å². The summed E-state index contributed by atoms with van der Waals surface area (Å²) >= 11 is 1.39. The van der Waals surface area contributed by atoms with Gasteiger partial charge in [-0.3, -0.25) is 14.7 Å². The molecule has 2 N–H and O–H groups in total. The van der Waals surface area contributed by atoms with E-state index >= 15 is 0 Å². The van der Waals surface area contributed by atoms with Gasteiger partial charge in [-0.25, -0.2) is 4.98 Å². The fraction of sp³-hybridized carbons (Fsp3) is 0.409. The first-order chi connectivity index (χ1) is 13.9. The summed E-state index contributed by atoms with van der Waals surface area (Å²) in [6, 6.07) is 10.2. The number of nitrogen functional groups attached to an aromatic ring is 1. The monoisotopic (exact) mass is 409 g/mol. The molecule has 152 valence electrons. The molecule has 0 radical (unpaired) electrons. The summed E-state index contributed by atoms with van der Waals surface area (Å²) in [6.45, 7) is 5.15. The number of amides is 1. The van der Waals surface area contributed by atoms with Crippen LogP contribution in [0.1, 0.15) is 40.8 Å². The van der Waals surface area contributed by atoms with E-state index in [9.17, 15) is 4.79 Å². The summed E-state index contributed by atoms with van der Waals surface area (Å²) < 4.78 is 0. The van der Waals surface area contributed by atoms with Gasteiger partial charge in [0.05, 0.1) is 11.4 Å². The van der Waals surface area contributed by atoms with Crippen molar-refractivity contribution in [1.29, 1.82) is 0 Å². The topological polar surface area (TPSA) is 75.4 Å². The lowest BCUT2D eigenvalue weighted by Gasteiger charge is -2.40. The van der Waals surface area contributed by atoms with Gasteiger partial charge >= 0.3 is 0 Å². The smallest absolute Gasteiger partial charge is 0.265 e. The molecule has 1 atom stereocenters. The van der Waals surface area contributed by atoms with Crippen LogP contribution in [0.4, 0.5) is 5.69 Å². The minimum Gasteiger partial charge on any atom is -0.397 e. The van der Waals surface area contributed by atoms with Crippen molar-refractivity contribution >= 4 is 33.1 Å². The van der Waals surface area contributed by atoms with Crippen molar-refractivity contribution < 1.29 is 4.79 Å². The van der Waals surface area contributed by atoms with Crippen molar-refractivity contribution in [3.05, 3.63) is 52.8 Å². The van der Waals surface area contributed by atoms with Crippen LogP contribution in [-0.4, -0.2) is 52.9 Å². The summed E-state index contributed by atoms with van der Waals surface area (Å²) in [5, 5.41) is 0.869. The summed E-state index contributed by atoms with van der Waals surface area (Å²) in [6.07, 6.45) is 4.07. The standard InChI is InChI=1S/C22H27N5OS/c1-22(10-6-12-27(14-22)13-15-7-4-5-11-24-15)17-9-8-16-18(23)19(21(28)26(2)3)29-20(16)25-17/h4-5,7-9,11H,6,10,12-14,23H2,1-3H3/t22-/m1/s1. The van der Waals surface area contributed by atoms with Gasteiger partial charge < -0.3 is 10.6 Å². The molecule has 3 aromatic heterocycles. The van der Waals surface area contributed by atoms with Gasteiger partial charge in [-0.15, -0.1) is 11.3 Å². The SMILES string of the molecule is CN(C)C(=O)c1sc2nc([C@]3(C)CCCN(Cc4ccccn4)C3)ccc2c1N. The average Bonchev–Trinajstić information content (AvgIpc) is 3.04. The molecular formula is C22H27N5OS. The second-order valence-electron chi connectivity index (χ2n) is 8.29. The Morgan fingerprint density at radius 1 is 1.31 bits per heavy atom. The van der Waals surface area contributed by atoms with Gasteiger partial charge in [0, 0.05) is 49.9 Å². The molecule has 4 heterocycles. The summed E-state index contributed by atoms with van der Waals surface area (Å²) in [7, 11) is 3.48. The minimum absolute atomic E-state index is 0.0360. The maximum atomic E-state index is 12.4. The molecular weight excluding hydrogens is 382 g/mol. The number of anilines is 1. The van der Waals surface area contributed by atoms with E-state index in [-0.39, 0.29) is 11.3 Å². The van der Waals surface area contributed by atoms with Crippen LogP contribution in [0, 0.1) is 0 Å². The van der Waals surface area contributed by atoms with Crippen molar-refractivity contribution in [2.75, 3.05) is 32.9 Å². The van der Waals surface area contributed by atoms with Gasteiger partial charge in [-0.1, -0.05) is 13.0 Å². The predicted molar refractivity (Wildman–Crippen MR) is 118 cm³/mol. The number of aromatic nitrogens is 2. The van der Waals surface area contributed by atoms with Crippen LogP contribution in [-0.2, 0) is 12.0 Å². The van der Waals surface area contributed by atoms with Crippen molar-refractivity contribution in [3.63, 3.8) is 0 Å². The lowest BCUT2D eigenvalue weighted by atomic mass is 9.78. The number of carbonyl (C=O) groups is 1. The number of carbonyl (C=O) groups excluding carboxylic acids is 1. The largest absolute Gasteiger partial charge is 0.397 e. The van der Waals surface area contributed by atoms with E-state index in [2.05, 4.69) is 28.9 Å². The molecule has 3 aromatic rings. The number of likely N-dealkylation sites (tertiary alicyclic amines) is 1. The maximum absolute atomic E-state index is 12.4. The second-order valence-corrected chi connectivity index (χ2v) is 9.29. The quantitative estimate of drug-likeness (QED) is 0.713. The van der Waals surface area contributed by atoms with Crippen LogP contribution < -0.4 is 5.73 Å². The van der Waals surface area contributed by atoms with Gasteiger partial charge in [0.1, 0.15) is 9.71 Å². The number of nitrogens with two attached hydrogens (primary N) is 1. The average molecular weight is 410 g/mol. The van der Waals surface area contributed by atoms with E-state index in [4.69, 9.17) is 10.7 Å². The zero-order valence-electron chi connectivity index (χ0n) is 17.2. The molecule has 0 aliphatic carbocycles. The highest BCUT2D eigenvalue weighted by Gasteiger charge is 2.34. The van der Waals surface area contributed by atoms with Crippen LogP contribution in [0.5, 0.6) is 0 Å². The molecule has 1 amide bonds. The fourth-order valence-electron chi connectivity index (χ4n) is 4.10. The van der Waals surface area contributed by atoms with Crippen LogP contribution >= 0.6 is 11.3 Å². The van der Waals surface area contributed by atoms with Crippen molar-refractivity contribution in [2.45, 2.75) is 31.7 Å². The lowest BCUT2D eigenvalue weighted by Crippen LogP contribution is -2.44. The molecule has 4 rings (SSSR count). The zero-order valence-corrected chi connectivity index (χ0v) is 18.0. The van der Waals surface area contributed by atoms with Crippen LogP contribution in [0.2, 0.25) is 0 Å². The molecule has 0 bridgehead atoms. The second kappa shape index (κ2) is 7.72. The molecule has 29 heavy (non-hydrogen) atoms. The molecule has 0 saturated carbocycles. The van der Waals surface area contributed by atoms with E-state index in [1.807, 2.05) is 24.4 Å². The lowest BCUT2D eigenvalue weighted by molar-refractivity contribution is 0.0833. The summed E-state index contributed by atoms with van der Waals surface area (Å²) in [5.74, 6) is -0.0718. The predicted octanol–water partition coefficient (Wildman–Crippen LogP) is 3.53.